The van der Waals surface area contributed by atoms with Gasteiger partial charge in [-0.1, -0.05) is 53.5 Å². The number of hydrazine groups is 1. The molecule has 1 aromatic carbocycles. The van der Waals surface area contributed by atoms with Gasteiger partial charge in [0.25, 0.3) is 0 Å². The molecule has 0 fully saturated rings. The van der Waals surface area contributed by atoms with Crippen LogP contribution in [0.5, 0.6) is 0 Å². The van der Waals surface area contributed by atoms with Gasteiger partial charge in [0, 0.05) is 27.0 Å². The van der Waals surface area contributed by atoms with Crippen molar-refractivity contribution in [2.75, 3.05) is 11.1 Å². The molecular formula is C21H21BrN4O3S. The Labute approximate surface area is 187 Å². The van der Waals surface area contributed by atoms with E-state index in [-0.39, 0.29) is 5.88 Å². The number of hydrogen-bond acceptors (Lipinski definition) is 8. The summed E-state index contributed by atoms with van der Waals surface area (Å²) in [6.07, 6.45) is 7.05. The summed E-state index contributed by atoms with van der Waals surface area (Å²) in [4.78, 5) is 28.0. The van der Waals surface area contributed by atoms with Crippen molar-refractivity contribution < 1.29 is 14.7 Å². The average molecular weight is 489 g/mol. The number of ketones is 2. The maximum absolute atomic E-state index is 12.0. The molecule has 4 rings (SSSR count). The molecule has 1 aliphatic carbocycles. The Hall–Kier alpha value is -2.52. The molecule has 0 radical (unpaired) electrons. The third kappa shape index (κ3) is 4.04. The molecule has 156 valence electrons. The molecule has 0 unspecified atom stereocenters. The highest BCUT2D eigenvalue weighted by Crippen LogP contribution is 2.40. The number of allylic oxidation sites excluding steroid dienone is 2. The van der Waals surface area contributed by atoms with Crippen molar-refractivity contribution in [2.45, 2.75) is 32.4 Å². The third-order valence-corrected chi connectivity index (χ3v) is 6.38. The SMILES string of the molecule is CCCCCSC1=NC(O)=C2c3cc(Br)ccc3N[C@H](C3=CC(=O)C(=O)C=C3)N2N1. The van der Waals surface area contributed by atoms with Crippen LogP contribution in [-0.2, 0) is 9.59 Å². The number of thioether (sulfide) groups is 1. The quantitative estimate of drug-likeness (QED) is 0.326. The van der Waals surface area contributed by atoms with Crippen LogP contribution in [0.4, 0.5) is 5.69 Å². The Morgan fingerprint density at radius 2 is 2.07 bits per heavy atom. The molecule has 1 atom stereocenters. The number of unbranched alkanes of at least 4 members (excludes halogenated alkanes) is 2. The number of carbonyl (C=O) groups excluding carboxylic acids is 2. The van der Waals surface area contributed by atoms with Gasteiger partial charge in [0.15, 0.2) is 5.17 Å². The molecule has 0 saturated heterocycles. The van der Waals surface area contributed by atoms with Gasteiger partial charge in [-0.3, -0.25) is 20.0 Å². The zero-order chi connectivity index (χ0) is 21.3. The lowest BCUT2D eigenvalue weighted by atomic mass is 9.98. The molecule has 2 heterocycles. The number of fused-ring (bicyclic) bond motifs is 3. The van der Waals surface area contributed by atoms with Crippen LogP contribution in [-0.4, -0.2) is 38.8 Å². The van der Waals surface area contributed by atoms with Crippen LogP contribution in [0.1, 0.15) is 31.7 Å². The standard InChI is InChI=1S/C21H21BrN4O3S/c1-2-3-4-9-30-21-24-20(29)18-14-11-13(22)6-7-15(14)23-19(26(18)25-21)12-5-8-16(27)17(28)10-12/h5-8,10-11,19,23,29H,2-4,9H2,1H3,(H,24,25)/t19-/m0/s1. The van der Waals surface area contributed by atoms with Crippen molar-refractivity contribution in [3.63, 3.8) is 0 Å². The lowest BCUT2D eigenvalue weighted by molar-refractivity contribution is -0.131. The molecule has 9 heteroatoms. The fraction of sp³-hybridized carbons (Fsp3) is 0.286. The molecule has 0 spiro atoms. The summed E-state index contributed by atoms with van der Waals surface area (Å²) in [5, 5.41) is 16.6. The number of hydrogen-bond donors (Lipinski definition) is 3. The minimum absolute atomic E-state index is 0.0969. The van der Waals surface area contributed by atoms with Crippen molar-refractivity contribution in [1.82, 2.24) is 10.4 Å². The van der Waals surface area contributed by atoms with Crippen LogP contribution in [0.25, 0.3) is 5.70 Å². The van der Waals surface area contributed by atoms with Crippen molar-refractivity contribution in [2.24, 2.45) is 4.99 Å². The zero-order valence-electron chi connectivity index (χ0n) is 16.3. The van der Waals surface area contributed by atoms with E-state index in [2.05, 4.69) is 38.6 Å². The normalized spacial score (nSPS) is 20.2. The number of aliphatic hydroxyl groups is 1. The maximum Gasteiger partial charge on any atom is 0.240 e. The van der Waals surface area contributed by atoms with Gasteiger partial charge in [-0.25, -0.2) is 0 Å². The number of benzene rings is 1. The summed E-state index contributed by atoms with van der Waals surface area (Å²) in [6, 6.07) is 5.68. The van der Waals surface area contributed by atoms with Crippen LogP contribution >= 0.6 is 27.7 Å². The molecule has 30 heavy (non-hydrogen) atoms. The van der Waals surface area contributed by atoms with Gasteiger partial charge in [-0.05, 0) is 36.8 Å². The number of rotatable bonds is 5. The van der Waals surface area contributed by atoms with Crippen molar-refractivity contribution >= 4 is 55.8 Å². The van der Waals surface area contributed by atoms with Gasteiger partial charge >= 0.3 is 0 Å². The molecule has 3 aliphatic rings. The summed E-state index contributed by atoms with van der Waals surface area (Å²) < 4.78 is 0.864. The summed E-state index contributed by atoms with van der Waals surface area (Å²) in [7, 11) is 0. The molecule has 1 aromatic rings. The van der Waals surface area contributed by atoms with Crippen LogP contribution in [0.3, 0.4) is 0 Å². The van der Waals surface area contributed by atoms with E-state index >= 15 is 0 Å². The van der Waals surface area contributed by atoms with Gasteiger partial charge in [0.2, 0.25) is 17.4 Å². The Morgan fingerprint density at radius 1 is 1.23 bits per heavy atom. The van der Waals surface area contributed by atoms with Crippen molar-refractivity contribution in [3.8, 4) is 0 Å². The number of nitrogens with one attached hydrogen (secondary N) is 2. The molecular weight excluding hydrogens is 468 g/mol. The average Bonchev–Trinajstić information content (AvgIpc) is 2.72. The number of carbonyl (C=O) groups is 2. The monoisotopic (exact) mass is 488 g/mol. The van der Waals surface area contributed by atoms with Crippen molar-refractivity contribution in [3.05, 3.63) is 57.9 Å². The summed E-state index contributed by atoms with van der Waals surface area (Å²) in [5.41, 5.74) is 5.95. The van der Waals surface area contributed by atoms with E-state index < -0.39 is 17.7 Å². The van der Waals surface area contributed by atoms with E-state index in [1.54, 1.807) is 11.1 Å². The molecule has 2 aliphatic heterocycles. The predicted octanol–water partition coefficient (Wildman–Crippen LogP) is 4.12. The molecule has 3 N–H and O–H groups in total. The molecule has 0 saturated carbocycles. The second kappa shape index (κ2) is 8.69. The Bertz CT molecular complexity index is 1030. The highest BCUT2D eigenvalue weighted by Gasteiger charge is 2.37. The van der Waals surface area contributed by atoms with Gasteiger partial charge in [0.05, 0.1) is 0 Å². The number of aliphatic hydroxyl groups excluding tert-OH is 1. The first-order valence-corrected chi connectivity index (χ1v) is 11.5. The van der Waals surface area contributed by atoms with Gasteiger partial charge < -0.3 is 10.4 Å². The second-order valence-electron chi connectivity index (χ2n) is 7.07. The first-order valence-electron chi connectivity index (χ1n) is 9.73. The minimum Gasteiger partial charge on any atom is -0.492 e. The summed E-state index contributed by atoms with van der Waals surface area (Å²) in [5.74, 6) is -0.324. The minimum atomic E-state index is -0.564. The number of amidine groups is 1. The number of nitrogens with zero attached hydrogens (tertiary/aromatic N) is 2. The molecule has 7 nitrogen and oxygen atoms in total. The van der Waals surface area contributed by atoms with E-state index in [1.807, 2.05) is 18.2 Å². The van der Waals surface area contributed by atoms with Gasteiger partial charge in [0.1, 0.15) is 11.9 Å². The molecule has 0 amide bonds. The van der Waals surface area contributed by atoms with Crippen LogP contribution < -0.4 is 10.7 Å². The van der Waals surface area contributed by atoms with Gasteiger partial charge in [-0.2, -0.15) is 4.99 Å². The highest BCUT2D eigenvalue weighted by atomic mass is 79.9. The summed E-state index contributed by atoms with van der Waals surface area (Å²) >= 11 is 5.02. The lowest BCUT2D eigenvalue weighted by Gasteiger charge is -2.43. The predicted molar refractivity (Wildman–Crippen MR) is 123 cm³/mol. The second-order valence-corrected chi connectivity index (χ2v) is 9.07. The van der Waals surface area contributed by atoms with E-state index in [4.69, 9.17) is 0 Å². The third-order valence-electron chi connectivity index (χ3n) is 4.93. The smallest absolute Gasteiger partial charge is 0.240 e. The Morgan fingerprint density at radius 3 is 2.83 bits per heavy atom. The number of halogens is 1. The largest absolute Gasteiger partial charge is 0.492 e. The molecule has 0 bridgehead atoms. The Kier molecular flexibility index (Phi) is 6.01. The number of anilines is 1. The Balaban J connectivity index is 1.72. The van der Waals surface area contributed by atoms with Crippen molar-refractivity contribution in [1.29, 1.82) is 0 Å². The number of aliphatic imine (C=N–C) groups is 1. The maximum atomic E-state index is 12.0. The highest BCUT2D eigenvalue weighted by molar-refractivity contribution is 9.10. The van der Waals surface area contributed by atoms with E-state index in [0.717, 1.165) is 40.7 Å². The lowest BCUT2D eigenvalue weighted by Crippen LogP contribution is -2.55. The van der Waals surface area contributed by atoms with Gasteiger partial charge in [-0.15, -0.1) is 0 Å². The van der Waals surface area contributed by atoms with E-state index in [1.165, 1.54) is 23.9 Å². The first kappa shape index (κ1) is 20.7. The summed E-state index contributed by atoms with van der Waals surface area (Å²) in [6.45, 7) is 2.15. The van der Waals surface area contributed by atoms with Crippen LogP contribution in [0.2, 0.25) is 0 Å². The van der Waals surface area contributed by atoms with E-state index in [9.17, 15) is 14.7 Å². The first-order chi connectivity index (χ1) is 14.5. The van der Waals surface area contributed by atoms with E-state index in [0.29, 0.717) is 16.4 Å². The fourth-order valence-electron chi connectivity index (χ4n) is 3.45. The zero-order valence-corrected chi connectivity index (χ0v) is 18.7. The van der Waals surface area contributed by atoms with Crippen LogP contribution in [0, 0.1) is 0 Å². The molecule has 0 aromatic heterocycles. The van der Waals surface area contributed by atoms with Crippen LogP contribution in [0.15, 0.2) is 57.3 Å². The fourth-order valence-corrected chi connectivity index (χ4v) is 4.66. The topological polar surface area (TPSA) is 94.0 Å².